The third-order valence-corrected chi connectivity index (χ3v) is 7.88. The molecule has 35 heavy (non-hydrogen) atoms. The zero-order valence-electron chi connectivity index (χ0n) is 20.0. The summed E-state index contributed by atoms with van der Waals surface area (Å²) in [5.74, 6) is 2.90. The summed E-state index contributed by atoms with van der Waals surface area (Å²) in [6.45, 7) is 5.64. The van der Waals surface area contributed by atoms with E-state index in [1.54, 1.807) is 17.5 Å². The highest BCUT2D eigenvalue weighted by atomic mass is 32.1. The van der Waals surface area contributed by atoms with Crippen LogP contribution >= 0.6 is 11.3 Å². The van der Waals surface area contributed by atoms with Gasteiger partial charge in [0.1, 0.15) is 22.2 Å². The van der Waals surface area contributed by atoms with Crippen molar-refractivity contribution in [2.45, 2.75) is 51.6 Å². The normalized spacial score (nSPS) is 17.6. The first-order chi connectivity index (χ1) is 17.0. The molecule has 2 aliphatic rings. The first-order valence-electron chi connectivity index (χ1n) is 12.3. The first-order valence-corrected chi connectivity index (χ1v) is 13.2. The van der Waals surface area contributed by atoms with Crippen LogP contribution in [0.5, 0.6) is 0 Å². The van der Waals surface area contributed by atoms with E-state index in [4.69, 9.17) is 9.97 Å². The average Bonchev–Trinajstić information content (AvgIpc) is 3.27. The molecule has 1 saturated carbocycles. The molecule has 0 unspecified atom stereocenters. The number of thiazole rings is 1. The van der Waals surface area contributed by atoms with Crippen molar-refractivity contribution in [2.75, 3.05) is 23.7 Å². The quantitative estimate of drug-likeness (QED) is 0.354. The van der Waals surface area contributed by atoms with Gasteiger partial charge in [-0.3, -0.25) is 4.79 Å². The molecular weight excluding hydrogens is 460 g/mol. The number of carbonyl (C=O) groups excluding carboxylic acids is 1. The Hall–Kier alpha value is -3.40. The molecule has 5 heterocycles. The standard InChI is InChI=1S/C25H30N8OS/c1-15-11-21(26-13-15)29-18-5-7-32(8-6-18)24(34)20-12-22(28-16(2)17-3-4-17)31-23(30-20)19-14-27-33-9-10-35-25(19)33/h9-14,16-18,26,29H,3-8H2,1-2H3,(H,28,30,31)/t16-/m0/s1. The minimum atomic E-state index is -0.0421. The molecule has 1 atom stereocenters. The summed E-state index contributed by atoms with van der Waals surface area (Å²) >= 11 is 1.59. The summed E-state index contributed by atoms with van der Waals surface area (Å²) in [5, 5.41) is 13.5. The minimum Gasteiger partial charge on any atom is -0.369 e. The fraction of sp³-hybridized carbons (Fsp3) is 0.440. The molecule has 6 rings (SSSR count). The molecule has 1 aliphatic carbocycles. The fourth-order valence-corrected chi connectivity index (χ4v) is 5.57. The van der Waals surface area contributed by atoms with Gasteiger partial charge in [-0.1, -0.05) is 0 Å². The van der Waals surface area contributed by atoms with Crippen LogP contribution in [0, 0.1) is 12.8 Å². The molecule has 4 aromatic rings. The van der Waals surface area contributed by atoms with E-state index in [-0.39, 0.29) is 5.91 Å². The van der Waals surface area contributed by atoms with Crippen molar-refractivity contribution in [1.82, 2.24) is 29.5 Å². The number of nitrogens with one attached hydrogen (secondary N) is 3. The second-order valence-corrected chi connectivity index (χ2v) is 10.6. The van der Waals surface area contributed by atoms with Crippen molar-refractivity contribution < 1.29 is 4.79 Å². The van der Waals surface area contributed by atoms with E-state index in [1.807, 2.05) is 33.3 Å². The van der Waals surface area contributed by atoms with Gasteiger partial charge >= 0.3 is 0 Å². The number of aromatic amines is 1. The number of hydrogen-bond donors (Lipinski definition) is 3. The van der Waals surface area contributed by atoms with Crippen LogP contribution in [-0.4, -0.2) is 60.5 Å². The second kappa shape index (κ2) is 8.99. The van der Waals surface area contributed by atoms with Crippen molar-refractivity contribution in [3.63, 3.8) is 0 Å². The monoisotopic (exact) mass is 490 g/mol. The van der Waals surface area contributed by atoms with Gasteiger partial charge in [-0.15, -0.1) is 11.3 Å². The van der Waals surface area contributed by atoms with Crippen molar-refractivity contribution in [3.8, 4) is 11.4 Å². The molecule has 9 nitrogen and oxygen atoms in total. The van der Waals surface area contributed by atoms with Gasteiger partial charge in [-0.25, -0.2) is 14.5 Å². The van der Waals surface area contributed by atoms with Gasteiger partial charge in [0.25, 0.3) is 5.91 Å². The van der Waals surface area contributed by atoms with Crippen LogP contribution < -0.4 is 10.6 Å². The van der Waals surface area contributed by atoms with E-state index in [1.165, 1.54) is 18.4 Å². The minimum absolute atomic E-state index is 0.0421. The van der Waals surface area contributed by atoms with Crippen molar-refractivity contribution in [2.24, 2.45) is 5.92 Å². The van der Waals surface area contributed by atoms with Crippen molar-refractivity contribution in [3.05, 3.63) is 47.4 Å². The topological polar surface area (TPSA) is 103 Å². The summed E-state index contributed by atoms with van der Waals surface area (Å²) < 4.78 is 1.82. The highest BCUT2D eigenvalue weighted by molar-refractivity contribution is 7.16. The van der Waals surface area contributed by atoms with Crippen molar-refractivity contribution >= 4 is 33.7 Å². The number of piperidine rings is 1. The summed E-state index contributed by atoms with van der Waals surface area (Å²) in [6.07, 6.45) is 9.95. The highest BCUT2D eigenvalue weighted by Gasteiger charge is 2.29. The largest absolute Gasteiger partial charge is 0.369 e. The van der Waals surface area contributed by atoms with Gasteiger partial charge in [-0.05, 0) is 57.1 Å². The number of aromatic nitrogens is 5. The Morgan fingerprint density at radius 3 is 2.77 bits per heavy atom. The zero-order valence-corrected chi connectivity index (χ0v) is 20.8. The summed E-state index contributed by atoms with van der Waals surface area (Å²) in [5.41, 5.74) is 2.49. The number of amides is 1. The smallest absolute Gasteiger partial charge is 0.272 e. The van der Waals surface area contributed by atoms with Crippen LogP contribution in [0.15, 0.2) is 36.1 Å². The number of carbonyl (C=O) groups is 1. The zero-order chi connectivity index (χ0) is 23.9. The molecule has 0 aromatic carbocycles. The van der Waals surface area contributed by atoms with Crippen molar-refractivity contribution in [1.29, 1.82) is 0 Å². The van der Waals surface area contributed by atoms with E-state index in [2.05, 4.69) is 40.6 Å². The molecule has 0 radical (unpaired) electrons. The van der Waals surface area contributed by atoms with Crippen LogP contribution in [-0.2, 0) is 0 Å². The maximum atomic E-state index is 13.6. The predicted octanol–water partition coefficient (Wildman–Crippen LogP) is 4.42. The van der Waals surface area contributed by atoms with Crippen LogP contribution in [0.4, 0.5) is 11.6 Å². The number of fused-ring (bicyclic) bond motifs is 1. The predicted molar refractivity (Wildman–Crippen MR) is 138 cm³/mol. The molecule has 1 amide bonds. The van der Waals surface area contributed by atoms with E-state index in [9.17, 15) is 4.79 Å². The molecule has 1 aliphatic heterocycles. The molecule has 1 saturated heterocycles. The van der Waals surface area contributed by atoms with Gasteiger partial charge in [0.05, 0.1) is 11.8 Å². The maximum Gasteiger partial charge on any atom is 0.272 e. The van der Waals surface area contributed by atoms with Gasteiger partial charge in [-0.2, -0.15) is 5.10 Å². The Balaban J connectivity index is 1.22. The molecular formula is C25H30N8OS. The van der Waals surface area contributed by atoms with Gasteiger partial charge in [0, 0.05) is 49.0 Å². The van der Waals surface area contributed by atoms with Crippen LogP contribution in [0.25, 0.3) is 16.2 Å². The molecule has 4 aromatic heterocycles. The van der Waals surface area contributed by atoms with E-state index >= 15 is 0 Å². The highest BCUT2D eigenvalue weighted by Crippen LogP contribution is 2.34. The van der Waals surface area contributed by atoms with Gasteiger partial charge in [0.2, 0.25) is 0 Å². The second-order valence-electron chi connectivity index (χ2n) is 9.74. The number of aryl methyl sites for hydroxylation is 1. The number of likely N-dealkylation sites (tertiary alicyclic amines) is 1. The van der Waals surface area contributed by atoms with E-state index < -0.39 is 0 Å². The third kappa shape index (κ3) is 4.62. The molecule has 182 valence electrons. The Morgan fingerprint density at radius 2 is 2.03 bits per heavy atom. The third-order valence-electron chi connectivity index (χ3n) is 6.99. The number of H-pyrrole nitrogens is 1. The lowest BCUT2D eigenvalue weighted by Crippen LogP contribution is -2.42. The first kappa shape index (κ1) is 22.1. The lowest BCUT2D eigenvalue weighted by atomic mass is 10.0. The summed E-state index contributed by atoms with van der Waals surface area (Å²) in [6, 6.07) is 4.58. The number of anilines is 2. The lowest BCUT2D eigenvalue weighted by molar-refractivity contribution is 0.0712. The molecule has 0 spiro atoms. The molecule has 0 bridgehead atoms. The van der Waals surface area contributed by atoms with Gasteiger partial charge < -0.3 is 20.5 Å². The van der Waals surface area contributed by atoms with Crippen LogP contribution in [0.3, 0.4) is 0 Å². The number of nitrogens with zero attached hydrogens (tertiary/aromatic N) is 5. The van der Waals surface area contributed by atoms with Crippen LogP contribution in [0.1, 0.15) is 48.7 Å². The Bertz CT molecular complexity index is 1340. The summed E-state index contributed by atoms with van der Waals surface area (Å²) in [4.78, 5) is 29.2. The fourth-order valence-electron chi connectivity index (χ4n) is 4.77. The summed E-state index contributed by atoms with van der Waals surface area (Å²) in [7, 11) is 0. The lowest BCUT2D eigenvalue weighted by Gasteiger charge is -2.32. The molecule has 2 fully saturated rings. The van der Waals surface area contributed by atoms with E-state index in [0.29, 0.717) is 48.4 Å². The van der Waals surface area contributed by atoms with Gasteiger partial charge in [0.15, 0.2) is 5.82 Å². The average molecular weight is 491 g/mol. The SMILES string of the molecule is Cc1c[nH]c(NC2CCN(C(=O)c3cc(N[C@@H](C)C4CC4)nc(-c4cnn5ccsc45)n3)CC2)c1. The Morgan fingerprint density at radius 1 is 1.20 bits per heavy atom. The molecule has 10 heteroatoms. The maximum absolute atomic E-state index is 13.6. The Kier molecular flexibility index (Phi) is 5.68. The number of rotatable bonds is 7. The Labute approximate surface area is 208 Å². The van der Waals surface area contributed by atoms with Crippen LogP contribution in [0.2, 0.25) is 0 Å². The van der Waals surface area contributed by atoms with E-state index in [0.717, 1.165) is 29.1 Å². The molecule has 3 N–H and O–H groups in total. The number of hydrogen-bond acceptors (Lipinski definition) is 7.